The van der Waals surface area contributed by atoms with Gasteiger partial charge in [0, 0.05) is 38.3 Å². The Balaban J connectivity index is 1.89. The van der Waals surface area contributed by atoms with Crippen LogP contribution in [0.4, 0.5) is 0 Å². The van der Waals surface area contributed by atoms with Gasteiger partial charge in [0.25, 0.3) is 10.2 Å². The molecule has 0 radical (unpaired) electrons. The first-order valence-electron chi connectivity index (χ1n) is 8.97. The summed E-state index contributed by atoms with van der Waals surface area (Å²) in [6, 6.07) is 0. The van der Waals surface area contributed by atoms with Crippen LogP contribution in [0.15, 0.2) is 0 Å². The van der Waals surface area contributed by atoms with Gasteiger partial charge in [-0.15, -0.1) is 0 Å². The lowest BCUT2D eigenvalue weighted by Crippen LogP contribution is -2.48. The average Bonchev–Trinajstić information content (AvgIpc) is 2.72. The van der Waals surface area contributed by atoms with Gasteiger partial charge < -0.3 is 5.32 Å². The molecule has 2 aliphatic heterocycles. The maximum atomic E-state index is 12.8. The predicted molar refractivity (Wildman–Crippen MR) is 94.9 cm³/mol. The Labute approximate surface area is 146 Å². The van der Waals surface area contributed by atoms with E-state index in [1.54, 1.807) is 8.61 Å². The molecule has 2 heterocycles. The van der Waals surface area contributed by atoms with E-state index in [0.717, 1.165) is 32.2 Å². The summed E-state index contributed by atoms with van der Waals surface area (Å²) in [5.41, 5.74) is -0.243. The molecule has 0 aliphatic carbocycles. The van der Waals surface area contributed by atoms with Gasteiger partial charge in [0.15, 0.2) is 0 Å². The Bertz CT molecular complexity index is 524. The summed E-state index contributed by atoms with van der Waals surface area (Å²) < 4.78 is 28.7. The highest BCUT2D eigenvalue weighted by Gasteiger charge is 2.32. The van der Waals surface area contributed by atoms with Crippen molar-refractivity contribution >= 4 is 16.1 Å². The van der Waals surface area contributed by atoms with Gasteiger partial charge in [-0.05, 0) is 46.6 Å². The zero-order chi connectivity index (χ0) is 17.8. The topological polar surface area (TPSA) is 73.0 Å². The number of amides is 1. The van der Waals surface area contributed by atoms with Crippen molar-refractivity contribution in [3.8, 4) is 0 Å². The highest BCUT2D eigenvalue weighted by molar-refractivity contribution is 7.86. The minimum atomic E-state index is -3.35. The van der Waals surface area contributed by atoms with Gasteiger partial charge in [0.2, 0.25) is 5.91 Å². The number of nitrogens with zero attached hydrogens (tertiary/aromatic N) is 3. The molecule has 140 valence electrons. The molecule has 1 N–H and O–H groups in total. The normalized spacial score (nSPS) is 23.0. The second-order valence-electron chi connectivity index (χ2n) is 7.79. The van der Waals surface area contributed by atoms with Gasteiger partial charge in [-0.2, -0.15) is 17.0 Å². The van der Waals surface area contributed by atoms with Gasteiger partial charge >= 0.3 is 0 Å². The lowest BCUT2D eigenvalue weighted by Gasteiger charge is -2.31. The molecule has 0 unspecified atom stereocenters. The van der Waals surface area contributed by atoms with Crippen molar-refractivity contribution in [3.63, 3.8) is 0 Å². The quantitative estimate of drug-likeness (QED) is 0.798. The molecule has 2 aliphatic rings. The number of hydrogen-bond acceptors (Lipinski definition) is 4. The monoisotopic (exact) mass is 360 g/mol. The van der Waals surface area contributed by atoms with Crippen molar-refractivity contribution in [1.29, 1.82) is 0 Å². The largest absolute Gasteiger partial charge is 0.350 e. The smallest absolute Gasteiger partial charge is 0.282 e. The first-order chi connectivity index (χ1) is 11.2. The lowest BCUT2D eigenvalue weighted by atomic mass is 10.1. The molecule has 0 spiro atoms. The summed E-state index contributed by atoms with van der Waals surface area (Å²) in [6.07, 6.45) is 3.77. The third-order valence-corrected chi connectivity index (χ3v) is 6.43. The number of rotatable bonds is 4. The fourth-order valence-electron chi connectivity index (χ4n) is 3.26. The van der Waals surface area contributed by atoms with Gasteiger partial charge in [-0.25, -0.2) is 0 Å². The summed E-state index contributed by atoms with van der Waals surface area (Å²) in [7, 11) is -3.35. The fraction of sp³-hybridized carbons (Fsp3) is 0.938. The molecule has 2 rings (SSSR count). The summed E-state index contributed by atoms with van der Waals surface area (Å²) in [4.78, 5) is 14.1. The summed E-state index contributed by atoms with van der Waals surface area (Å²) in [6.45, 7) is 9.83. The van der Waals surface area contributed by atoms with Crippen molar-refractivity contribution in [3.05, 3.63) is 0 Å². The second kappa shape index (κ2) is 8.12. The molecular weight excluding hydrogens is 328 g/mol. The van der Waals surface area contributed by atoms with Crippen LogP contribution in [-0.2, 0) is 15.0 Å². The number of hydrogen-bond donors (Lipinski definition) is 1. The van der Waals surface area contributed by atoms with Crippen LogP contribution in [0.25, 0.3) is 0 Å². The molecular formula is C16H32N4O3S. The average molecular weight is 361 g/mol. The molecule has 0 saturated carbocycles. The van der Waals surface area contributed by atoms with E-state index in [1.807, 2.05) is 25.7 Å². The molecule has 0 atom stereocenters. The SMILES string of the molecule is CC(C)(C)NC(=O)CN1CCCN(S(=O)(=O)N2CCCCC2)CC1. The van der Waals surface area contributed by atoms with Crippen LogP contribution in [0.3, 0.4) is 0 Å². The maximum Gasteiger partial charge on any atom is 0.282 e. The summed E-state index contributed by atoms with van der Waals surface area (Å²) in [5.74, 6) is -0.00478. The van der Waals surface area contributed by atoms with Crippen LogP contribution < -0.4 is 5.32 Å². The molecule has 8 heteroatoms. The Morgan fingerprint density at radius 2 is 1.46 bits per heavy atom. The Hall–Kier alpha value is -0.700. The molecule has 0 aromatic rings. The number of nitrogens with one attached hydrogen (secondary N) is 1. The van der Waals surface area contributed by atoms with Crippen molar-refractivity contribution in [2.75, 3.05) is 45.8 Å². The maximum absolute atomic E-state index is 12.8. The molecule has 2 saturated heterocycles. The molecule has 0 aromatic carbocycles. The molecule has 1 amide bonds. The van der Waals surface area contributed by atoms with Gasteiger partial charge in [0.1, 0.15) is 0 Å². The predicted octanol–water partition coefficient (Wildman–Crippen LogP) is 0.640. The molecule has 2 fully saturated rings. The van der Waals surface area contributed by atoms with Crippen molar-refractivity contribution in [1.82, 2.24) is 18.8 Å². The third-order valence-electron chi connectivity index (χ3n) is 4.40. The first-order valence-corrected chi connectivity index (χ1v) is 10.4. The fourth-order valence-corrected chi connectivity index (χ4v) is 4.97. The van der Waals surface area contributed by atoms with Crippen LogP contribution in [0.1, 0.15) is 46.5 Å². The molecule has 24 heavy (non-hydrogen) atoms. The van der Waals surface area contributed by atoms with E-state index in [4.69, 9.17) is 0 Å². The van der Waals surface area contributed by atoms with Crippen LogP contribution >= 0.6 is 0 Å². The van der Waals surface area contributed by atoms with Crippen LogP contribution in [-0.4, -0.2) is 79.2 Å². The van der Waals surface area contributed by atoms with E-state index in [0.29, 0.717) is 39.3 Å². The Kier molecular flexibility index (Phi) is 6.64. The van der Waals surface area contributed by atoms with Crippen LogP contribution in [0.2, 0.25) is 0 Å². The van der Waals surface area contributed by atoms with Crippen molar-refractivity contribution < 1.29 is 13.2 Å². The van der Waals surface area contributed by atoms with Gasteiger partial charge in [0.05, 0.1) is 6.54 Å². The van der Waals surface area contributed by atoms with E-state index in [1.165, 1.54) is 0 Å². The number of carbonyl (C=O) groups is 1. The first kappa shape index (κ1) is 19.6. The standard InChI is InChI=1S/C16H32N4O3S/c1-16(2,3)17-15(21)14-18-8-7-11-20(13-12-18)24(22,23)19-9-5-4-6-10-19/h4-14H2,1-3H3,(H,17,21). The van der Waals surface area contributed by atoms with E-state index in [-0.39, 0.29) is 11.4 Å². The zero-order valence-electron chi connectivity index (χ0n) is 15.3. The number of piperidine rings is 1. The van der Waals surface area contributed by atoms with Crippen LogP contribution in [0, 0.1) is 0 Å². The summed E-state index contributed by atoms with van der Waals surface area (Å²) >= 11 is 0. The van der Waals surface area contributed by atoms with E-state index < -0.39 is 10.2 Å². The van der Waals surface area contributed by atoms with E-state index in [2.05, 4.69) is 5.32 Å². The Morgan fingerprint density at radius 1 is 0.875 bits per heavy atom. The van der Waals surface area contributed by atoms with Crippen LogP contribution in [0.5, 0.6) is 0 Å². The second-order valence-corrected chi connectivity index (χ2v) is 9.72. The molecule has 0 bridgehead atoms. The van der Waals surface area contributed by atoms with Crippen molar-refractivity contribution in [2.45, 2.75) is 52.0 Å². The van der Waals surface area contributed by atoms with Crippen molar-refractivity contribution in [2.24, 2.45) is 0 Å². The Morgan fingerprint density at radius 3 is 2.08 bits per heavy atom. The third kappa shape index (κ3) is 5.68. The minimum absolute atomic E-state index is 0.00478. The van der Waals surface area contributed by atoms with Gasteiger partial charge in [-0.1, -0.05) is 6.42 Å². The zero-order valence-corrected chi connectivity index (χ0v) is 16.1. The lowest BCUT2D eigenvalue weighted by molar-refractivity contribution is -0.123. The molecule has 0 aromatic heterocycles. The van der Waals surface area contributed by atoms with E-state index in [9.17, 15) is 13.2 Å². The highest BCUT2D eigenvalue weighted by atomic mass is 32.2. The van der Waals surface area contributed by atoms with Gasteiger partial charge in [-0.3, -0.25) is 9.69 Å². The van der Waals surface area contributed by atoms with E-state index >= 15 is 0 Å². The minimum Gasteiger partial charge on any atom is -0.350 e. The number of carbonyl (C=O) groups excluding carboxylic acids is 1. The molecule has 7 nitrogen and oxygen atoms in total. The highest BCUT2D eigenvalue weighted by Crippen LogP contribution is 2.18. The summed E-state index contributed by atoms with van der Waals surface area (Å²) in [5, 5.41) is 2.96.